The second-order valence-electron chi connectivity index (χ2n) is 5.81. The van der Waals surface area contributed by atoms with Gasteiger partial charge in [0.05, 0.1) is 25.6 Å². The maximum absolute atomic E-state index is 12.2. The molecular formula is C18H25NO4. The molecule has 1 aliphatic heterocycles. The number of likely N-dealkylation sites (tertiary alicyclic amines) is 1. The number of rotatable bonds is 7. The zero-order chi connectivity index (χ0) is 16.7. The first-order valence-electron chi connectivity index (χ1n) is 8.22. The van der Waals surface area contributed by atoms with Gasteiger partial charge in [-0.2, -0.15) is 0 Å². The maximum Gasteiger partial charge on any atom is 0.310 e. The van der Waals surface area contributed by atoms with Crippen molar-refractivity contribution in [3.05, 3.63) is 35.9 Å². The Kier molecular flexibility index (Phi) is 6.59. The quantitative estimate of drug-likeness (QED) is 0.722. The molecule has 5 nitrogen and oxygen atoms in total. The zero-order valence-electron chi connectivity index (χ0n) is 13.9. The molecule has 1 heterocycles. The van der Waals surface area contributed by atoms with E-state index in [1.54, 1.807) is 13.8 Å². The largest absolute Gasteiger partial charge is 0.466 e. The zero-order valence-corrected chi connectivity index (χ0v) is 13.9. The number of benzene rings is 1. The van der Waals surface area contributed by atoms with E-state index in [4.69, 9.17) is 9.47 Å². The van der Waals surface area contributed by atoms with Crippen molar-refractivity contribution in [2.24, 2.45) is 11.8 Å². The Hall–Kier alpha value is -1.88. The average molecular weight is 319 g/mol. The summed E-state index contributed by atoms with van der Waals surface area (Å²) in [6, 6.07) is 10.1. The van der Waals surface area contributed by atoms with Gasteiger partial charge in [-0.1, -0.05) is 30.3 Å². The van der Waals surface area contributed by atoms with Crippen LogP contribution in [0.15, 0.2) is 30.3 Å². The summed E-state index contributed by atoms with van der Waals surface area (Å²) in [6.07, 6.45) is 0.266. The monoisotopic (exact) mass is 319 g/mol. The average Bonchev–Trinajstić information content (AvgIpc) is 2.91. The van der Waals surface area contributed by atoms with Gasteiger partial charge in [0, 0.05) is 19.6 Å². The molecule has 1 aromatic carbocycles. The smallest absolute Gasteiger partial charge is 0.310 e. The summed E-state index contributed by atoms with van der Waals surface area (Å²) < 4.78 is 10.2. The molecule has 2 atom stereocenters. The summed E-state index contributed by atoms with van der Waals surface area (Å²) >= 11 is 0. The fraction of sp³-hybridized carbons (Fsp3) is 0.556. The van der Waals surface area contributed by atoms with Gasteiger partial charge in [0.15, 0.2) is 0 Å². The molecule has 0 spiro atoms. The van der Waals surface area contributed by atoms with Crippen LogP contribution in [0.3, 0.4) is 0 Å². The number of hydrogen-bond acceptors (Lipinski definition) is 5. The summed E-state index contributed by atoms with van der Waals surface area (Å²) in [5.41, 5.74) is 1.20. The van der Waals surface area contributed by atoms with Crippen molar-refractivity contribution in [2.45, 2.75) is 26.8 Å². The van der Waals surface area contributed by atoms with Crippen LogP contribution in [0.1, 0.15) is 25.8 Å². The van der Waals surface area contributed by atoms with Crippen molar-refractivity contribution in [3.8, 4) is 0 Å². The normalized spacial score (nSPS) is 21.1. The van der Waals surface area contributed by atoms with Crippen molar-refractivity contribution in [1.29, 1.82) is 0 Å². The molecule has 0 saturated carbocycles. The summed E-state index contributed by atoms with van der Waals surface area (Å²) in [5.74, 6) is -0.759. The molecule has 0 amide bonds. The molecule has 1 aliphatic rings. The lowest BCUT2D eigenvalue weighted by molar-refractivity contribution is -0.150. The van der Waals surface area contributed by atoms with Crippen LogP contribution in [0.25, 0.3) is 0 Å². The molecule has 5 heteroatoms. The Bertz CT molecular complexity index is 517. The van der Waals surface area contributed by atoms with E-state index in [2.05, 4.69) is 17.0 Å². The standard InChI is InChI=1S/C18H25NO4/c1-3-22-17(20)10-15-12-19(11-14-8-6-5-7-9-14)13-16(15)18(21)23-4-2/h5-9,15-16H,3-4,10-13H2,1-2H3/t15-,16-/m1/s1. The van der Waals surface area contributed by atoms with Crippen molar-refractivity contribution in [2.75, 3.05) is 26.3 Å². The summed E-state index contributed by atoms with van der Waals surface area (Å²) in [5, 5.41) is 0. The Morgan fingerprint density at radius 1 is 1.09 bits per heavy atom. The minimum absolute atomic E-state index is 0.0446. The molecule has 0 aromatic heterocycles. The third-order valence-corrected chi connectivity index (χ3v) is 4.09. The van der Waals surface area contributed by atoms with Gasteiger partial charge in [-0.15, -0.1) is 0 Å². The molecule has 1 aromatic rings. The molecule has 126 valence electrons. The predicted molar refractivity (Wildman–Crippen MR) is 86.6 cm³/mol. The molecule has 0 radical (unpaired) electrons. The van der Waals surface area contributed by atoms with Crippen LogP contribution < -0.4 is 0 Å². The Morgan fingerprint density at radius 3 is 2.43 bits per heavy atom. The molecule has 1 fully saturated rings. The van der Waals surface area contributed by atoms with Crippen molar-refractivity contribution >= 4 is 11.9 Å². The first-order chi connectivity index (χ1) is 11.1. The van der Waals surface area contributed by atoms with Gasteiger partial charge in [-0.3, -0.25) is 14.5 Å². The first-order valence-corrected chi connectivity index (χ1v) is 8.22. The van der Waals surface area contributed by atoms with Crippen LogP contribution in [0.4, 0.5) is 0 Å². The number of hydrogen-bond donors (Lipinski definition) is 0. The highest BCUT2D eigenvalue weighted by molar-refractivity contribution is 5.76. The number of ether oxygens (including phenoxy) is 2. The van der Waals surface area contributed by atoms with Gasteiger partial charge >= 0.3 is 11.9 Å². The Morgan fingerprint density at radius 2 is 1.78 bits per heavy atom. The van der Waals surface area contributed by atoms with Crippen LogP contribution in [0.5, 0.6) is 0 Å². The summed E-state index contributed by atoms with van der Waals surface area (Å²) in [4.78, 5) is 26.2. The highest BCUT2D eigenvalue weighted by atomic mass is 16.5. The van der Waals surface area contributed by atoms with E-state index in [1.165, 1.54) is 5.56 Å². The van der Waals surface area contributed by atoms with Crippen molar-refractivity contribution < 1.29 is 19.1 Å². The van der Waals surface area contributed by atoms with Gasteiger partial charge in [0.2, 0.25) is 0 Å². The molecule has 0 bridgehead atoms. The van der Waals surface area contributed by atoms with Crippen LogP contribution in [-0.4, -0.2) is 43.1 Å². The number of carbonyl (C=O) groups excluding carboxylic acids is 2. The van der Waals surface area contributed by atoms with Gasteiger partial charge < -0.3 is 9.47 Å². The summed E-state index contributed by atoms with van der Waals surface area (Å²) in [6.45, 7) is 6.42. The third-order valence-electron chi connectivity index (χ3n) is 4.09. The van der Waals surface area contributed by atoms with Crippen LogP contribution >= 0.6 is 0 Å². The van der Waals surface area contributed by atoms with E-state index >= 15 is 0 Å². The third kappa shape index (κ3) is 5.06. The highest BCUT2D eigenvalue weighted by Gasteiger charge is 2.39. The fourth-order valence-corrected chi connectivity index (χ4v) is 3.09. The van der Waals surface area contributed by atoms with Gasteiger partial charge in [-0.25, -0.2) is 0 Å². The lowest BCUT2D eigenvalue weighted by Crippen LogP contribution is -2.27. The molecule has 0 unspecified atom stereocenters. The van der Waals surface area contributed by atoms with Gasteiger partial charge in [0.1, 0.15) is 0 Å². The molecule has 0 aliphatic carbocycles. The lowest BCUT2D eigenvalue weighted by Gasteiger charge is -2.15. The second-order valence-corrected chi connectivity index (χ2v) is 5.81. The van der Waals surface area contributed by atoms with E-state index < -0.39 is 0 Å². The number of esters is 2. The molecule has 2 rings (SSSR count). The van der Waals surface area contributed by atoms with Crippen molar-refractivity contribution in [1.82, 2.24) is 4.90 Å². The minimum Gasteiger partial charge on any atom is -0.466 e. The number of nitrogens with zero attached hydrogens (tertiary/aromatic N) is 1. The van der Waals surface area contributed by atoms with E-state index in [0.717, 1.165) is 6.54 Å². The van der Waals surface area contributed by atoms with Crippen LogP contribution in [0, 0.1) is 11.8 Å². The molecule has 23 heavy (non-hydrogen) atoms. The molecule has 1 saturated heterocycles. The molecule has 0 N–H and O–H groups in total. The van der Waals surface area contributed by atoms with E-state index in [0.29, 0.717) is 26.3 Å². The van der Waals surface area contributed by atoms with E-state index in [9.17, 15) is 9.59 Å². The first kappa shape index (κ1) is 17.5. The fourth-order valence-electron chi connectivity index (χ4n) is 3.09. The topological polar surface area (TPSA) is 55.8 Å². The highest BCUT2D eigenvalue weighted by Crippen LogP contribution is 2.29. The van der Waals surface area contributed by atoms with E-state index in [-0.39, 0.29) is 30.2 Å². The summed E-state index contributed by atoms with van der Waals surface area (Å²) in [7, 11) is 0. The van der Waals surface area contributed by atoms with Gasteiger partial charge in [0.25, 0.3) is 0 Å². The van der Waals surface area contributed by atoms with Crippen LogP contribution in [0.2, 0.25) is 0 Å². The Labute approximate surface area is 137 Å². The second kappa shape index (κ2) is 8.67. The lowest BCUT2D eigenvalue weighted by atomic mass is 9.93. The minimum atomic E-state index is -0.261. The maximum atomic E-state index is 12.2. The van der Waals surface area contributed by atoms with Gasteiger partial charge in [-0.05, 0) is 25.3 Å². The van der Waals surface area contributed by atoms with Crippen LogP contribution in [-0.2, 0) is 25.6 Å². The van der Waals surface area contributed by atoms with E-state index in [1.807, 2.05) is 18.2 Å². The molecular weight excluding hydrogens is 294 g/mol. The Balaban J connectivity index is 2.01. The number of carbonyl (C=O) groups is 2. The van der Waals surface area contributed by atoms with Crippen molar-refractivity contribution in [3.63, 3.8) is 0 Å². The predicted octanol–water partition coefficient (Wildman–Crippen LogP) is 2.25. The SMILES string of the molecule is CCOC(=O)C[C@@H]1CN(Cc2ccccc2)C[C@H]1C(=O)OCC.